The predicted molar refractivity (Wildman–Crippen MR) is 108 cm³/mol. The van der Waals surface area contributed by atoms with Gasteiger partial charge >= 0.3 is 0 Å². The summed E-state index contributed by atoms with van der Waals surface area (Å²) in [6, 6.07) is 11.4. The summed E-state index contributed by atoms with van der Waals surface area (Å²) >= 11 is 1.29. The maximum absolute atomic E-state index is 11.9. The number of rotatable bonds is 8. The first-order valence-corrected chi connectivity index (χ1v) is 9.43. The first-order chi connectivity index (χ1) is 12.4. The van der Waals surface area contributed by atoms with Gasteiger partial charge in [-0.1, -0.05) is 23.8 Å². The molecule has 0 saturated carbocycles. The monoisotopic (exact) mass is 372 g/mol. The Morgan fingerprint density at radius 3 is 2.35 bits per heavy atom. The number of carbonyl (C=O) groups excluding carboxylic acids is 2. The van der Waals surface area contributed by atoms with Crippen molar-refractivity contribution < 1.29 is 9.59 Å². The van der Waals surface area contributed by atoms with Crippen LogP contribution in [0.4, 0.5) is 11.5 Å². The van der Waals surface area contributed by atoms with E-state index in [9.17, 15) is 9.59 Å². The molecule has 0 radical (unpaired) electrons. The van der Waals surface area contributed by atoms with E-state index >= 15 is 0 Å². The minimum Gasteiger partial charge on any atom is -0.363 e. The highest BCUT2D eigenvalue weighted by Gasteiger charge is 2.06. The second-order valence-corrected chi connectivity index (χ2v) is 7.09. The van der Waals surface area contributed by atoms with Gasteiger partial charge in [0.15, 0.2) is 0 Å². The van der Waals surface area contributed by atoms with Gasteiger partial charge in [-0.2, -0.15) is 0 Å². The minimum absolute atomic E-state index is 0.102. The van der Waals surface area contributed by atoms with Crippen LogP contribution in [0.3, 0.4) is 0 Å². The van der Waals surface area contributed by atoms with E-state index in [1.54, 1.807) is 6.20 Å². The van der Waals surface area contributed by atoms with Crippen LogP contribution in [0.15, 0.2) is 42.6 Å². The van der Waals surface area contributed by atoms with Crippen LogP contribution in [0, 0.1) is 6.92 Å². The molecule has 1 aromatic carbocycles. The lowest BCUT2D eigenvalue weighted by atomic mass is 10.2. The maximum Gasteiger partial charge on any atom is 0.234 e. The fourth-order valence-electron chi connectivity index (χ4n) is 2.11. The van der Waals surface area contributed by atoms with E-state index in [4.69, 9.17) is 0 Å². The number of amides is 2. The van der Waals surface area contributed by atoms with Gasteiger partial charge in [-0.25, -0.2) is 4.98 Å². The van der Waals surface area contributed by atoms with Crippen molar-refractivity contribution in [2.75, 3.05) is 35.8 Å². The van der Waals surface area contributed by atoms with Crippen LogP contribution in [0.2, 0.25) is 0 Å². The molecule has 1 heterocycles. The standard InChI is InChI=1S/C19H24N4O2S/c1-14-4-7-16(8-5-14)22-19(25)13-26-12-18(24)21-11-15-6-9-17(20-10-15)23(2)3/h4-10H,11-13H2,1-3H3,(H,21,24)(H,22,25). The number of thioether (sulfide) groups is 1. The molecule has 2 amide bonds. The molecule has 0 aliphatic carbocycles. The van der Waals surface area contributed by atoms with Crippen LogP contribution in [-0.4, -0.2) is 42.4 Å². The summed E-state index contributed by atoms with van der Waals surface area (Å²) in [5.41, 5.74) is 2.84. The van der Waals surface area contributed by atoms with Crippen molar-refractivity contribution in [3.8, 4) is 0 Å². The molecule has 7 heteroatoms. The lowest BCUT2D eigenvalue weighted by Crippen LogP contribution is -2.25. The van der Waals surface area contributed by atoms with Crippen molar-refractivity contribution in [1.82, 2.24) is 10.3 Å². The third kappa shape index (κ3) is 6.76. The molecular formula is C19H24N4O2S. The number of anilines is 2. The number of benzene rings is 1. The normalized spacial score (nSPS) is 10.3. The van der Waals surface area contributed by atoms with E-state index in [1.807, 2.05) is 62.3 Å². The Bertz CT molecular complexity index is 730. The van der Waals surface area contributed by atoms with Crippen molar-refractivity contribution in [1.29, 1.82) is 0 Å². The molecule has 6 nitrogen and oxygen atoms in total. The molecule has 1 aromatic heterocycles. The van der Waals surface area contributed by atoms with Gasteiger partial charge in [-0.3, -0.25) is 9.59 Å². The highest BCUT2D eigenvalue weighted by atomic mass is 32.2. The molecule has 138 valence electrons. The van der Waals surface area contributed by atoms with Crippen LogP contribution in [0.5, 0.6) is 0 Å². The summed E-state index contributed by atoms with van der Waals surface area (Å²) in [6.07, 6.45) is 1.75. The first-order valence-electron chi connectivity index (χ1n) is 8.27. The Hall–Kier alpha value is -2.54. The third-order valence-electron chi connectivity index (χ3n) is 3.56. The zero-order chi connectivity index (χ0) is 18.9. The van der Waals surface area contributed by atoms with E-state index in [1.165, 1.54) is 11.8 Å². The molecule has 0 atom stereocenters. The number of carbonyl (C=O) groups is 2. The van der Waals surface area contributed by atoms with Gasteiger partial charge < -0.3 is 15.5 Å². The topological polar surface area (TPSA) is 74.3 Å². The Kier molecular flexibility index (Phi) is 7.47. The quantitative estimate of drug-likeness (QED) is 0.745. The summed E-state index contributed by atoms with van der Waals surface area (Å²) in [6.45, 7) is 2.42. The molecule has 0 spiro atoms. The number of hydrogen-bond acceptors (Lipinski definition) is 5. The number of aromatic nitrogens is 1. The van der Waals surface area contributed by atoms with Crippen molar-refractivity contribution in [3.05, 3.63) is 53.7 Å². The summed E-state index contributed by atoms with van der Waals surface area (Å²) in [5.74, 6) is 1.13. The van der Waals surface area contributed by atoms with E-state index in [-0.39, 0.29) is 23.3 Å². The van der Waals surface area contributed by atoms with Gasteiger partial charge in [0.1, 0.15) is 5.82 Å². The van der Waals surface area contributed by atoms with Crippen LogP contribution in [-0.2, 0) is 16.1 Å². The zero-order valence-electron chi connectivity index (χ0n) is 15.3. The number of pyridine rings is 1. The number of aryl methyl sites for hydroxylation is 1. The second kappa shape index (κ2) is 9.82. The largest absolute Gasteiger partial charge is 0.363 e. The molecule has 2 aromatic rings. The Morgan fingerprint density at radius 1 is 1.04 bits per heavy atom. The SMILES string of the molecule is Cc1ccc(NC(=O)CSCC(=O)NCc2ccc(N(C)C)nc2)cc1. The minimum atomic E-state index is -0.116. The molecule has 2 N–H and O–H groups in total. The molecule has 0 bridgehead atoms. The molecule has 0 unspecified atom stereocenters. The lowest BCUT2D eigenvalue weighted by Gasteiger charge is -2.11. The average molecular weight is 372 g/mol. The molecule has 0 aliphatic heterocycles. The summed E-state index contributed by atoms with van der Waals surface area (Å²) in [5, 5.41) is 5.64. The van der Waals surface area contributed by atoms with Gasteiger partial charge in [0.05, 0.1) is 11.5 Å². The summed E-state index contributed by atoms with van der Waals surface area (Å²) in [7, 11) is 3.85. The first kappa shape index (κ1) is 19.8. The van der Waals surface area contributed by atoms with Crippen molar-refractivity contribution in [2.45, 2.75) is 13.5 Å². The number of nitrogens with one attached hydrogen (secondary N) is 2. The second-order valence-electron chi connectivity index (χ2n) is 6.10. The smallest absolute Gasteiger partial charge is 0.234 e. The summed E-state index contributed by atoms with van der Waals surface area (Å²) < 4.78 is 0. The average Bonchev–Trinajstić information content (AvgIpc) is 2.62. The maximum atomic E-state index is 11.9. The van der Waals surface area contributed by atoms with E-state index in [0.717, 1.165) is 22.6 Å². The molecule has 0 fully saturated rings. The van der Waals surface area contributed by atoms with Crippen LogP contribution in [0.25, 0.3) is 0 Å². The van der Waals surface area contributed by atoms with E-state index < -0.39 is 0 Å². The van der Waals surface area contributed by atoms with Gasteiger partial charge in [0.25, 0.3) is 0 Å². The Labute approximate surface area is 158 Å². The number of nitrogens with zero attached hydrogens (tertiary/aromatic N) is 2. The van der Waals surface area contributed by atoms with Crippen LogP contribution < -0.4 is 15.5 Å². The molecule has 2 rings (SSSR count). The number of hydrogen-bond donors (Lipinski definition) is 2. The third-order valence-corrected chi connectivity index (χ3v) is 4.49. The van der Waals surface area contributed by atoms with Gasteiger partial charge in [0.2, 0.25) is 11.8 Å². The van der Waals surface area contributed by atoms with Gasteiger partial charge in [-0.05, 0) is 30.7 Å². The van der Waals surface area contributed by atoms with Crippen molar-refractivity contribution >= 4 is 35.1 Å². The molecule has 0 aliphatic rings. The Morgan fingerprint density at radius 2 is 1.73 bits per heavy atom. The van der Waals surface area contributed by atoms with Crippen molar-refractivity contribution in [3.63, 3.8) is 0 Å². The van der Waals surface area contributed by atoms with E-state index in [0.29, 0.717) is 6.54 Å². The fourth-order valence-corrected chi connectivity index (χ4v) is 2.75. The van der Waals surface area contributed by atoms with Crippen LogP contribution >= 0.6 is 11.8 Å². The lowest BCUT2D eigenvalue weighted by molar-refractivity contribution is -0.118. The molecule has 26 heavy (non-hydrogen) atoms. The Balaban J connectivity index is 1.65. The molecule has 0 saturated heterocycles. The van der Waals surface area contributed by atoms with Crippen molar-refractivity contribution in [2.24, 2.45) is 0 Å². The van der Waals surface area contributed by atoms with Gasteiger partial charge in [-0.15, -0.1) is 11.8 Å². The van der Waals surface area contributed by atoms with Gasteiger partial charge in [0, 0.05) is 32.5 Å². The summed E-state index contributed by atoms with van der Waals surface area (Å²) in [4.78, 5) is 30.0. The predicted octanol–water partition coefficient (Wildman–Crippen LogP) is 2.44. The zero-order valence-corrected chi connectivity index (χ0v) is 16.1. The van der Waals surface area contributed by atoms with E-state index in [2.05, 4.69) is 15.6 Å². The molecular weight excluding hydrogens is 348 g/mol. The highest BCUT2D eigenvalue weighted by Crippen LogP contribution is 2.10. The fraction of sp³-hybridized carbons (Fsp3) is 0.316. The van der Waals surface area contributed by atoms with Crippen LogP contribution in [0.1, 0.15) is 11.1 Å². The highest BCUT2D eigenvalue weighted by molar-refractivity contribution is 8.00.